The number of nitrogens with zero attached hydrogens (tertiary/aromatic N) is 1. The van der Waals surface area contributed by atoms with E-state index in [1.165, 1.54) is 0 Å². The average Bonchev–Trinajstić information content (AvgIpc) is 3.07. The van der Waals surface area contributed by atoms with Gasteiger partial charge in [0.15, 0.2) is 0 Å². The predicted octanol–water partition coefficient (Wildman–Crippen LogP) is 4.26. The number of hydrogen-bond donors (Lipinski definition) is 2. The monoisotopic (exact) mass is 331 g/mol. The van der Waals surface area contributed by atoms with Gasteiger partial charge in [-0.15, -0.1) is 0 Å². The normalized spacial score (nSPS) is 10.2. The maximum Gasteiger partial charge on any atom is 0.301 e. The first-order valence-electron chi connectivity index (χ1n) is 5.39. The molecule has 0 bridgehead atoms. The molecule has 2 heterocycles. The van der Waals surface area contributed by atoms with Crippen LogP contribution in [0.4, 0.5) is 0 Å². The number of H-pyrrole nitrogens is 2. The average molecular weight is 333 g/mol. The molecule has 0 fully saturated rings. The van der Waals surface area contributed by atoms with Crippen molar-refractivity contribution in [2.75, 3.05) is 0 Å². The summed E-state index contributed by atoms with van der Waals surface area (Å²) in [5.74, 6) is 0. The lowest BCUT2D eigenvalue weighted by molar-refractivity contribution is -0.418. The zero-order valence-corrected chi connectivity index (χ0v) is 12.1. The highest BCUT2D eigenvalue weighted by atomic mass is 35.5. The Morgan fingerprint density at radius 1 is 1.05 bits per heavy atom. The van der Waals surface area contributed by atoms with Gasteiger partial charge in [-0.1, -0.05) is 34.8 Å². The first kappa shape index (κ1) is 14.7. The minimum absolute atomic E-state index is 0.272. The van der Waals surface area contributed by atoms with Gasteiger partial charge >= 0.3 is 5.70 Å². The lowest BCUT2D eigenvalue weighted by Crippen LogP contribution is -2.06. The van der Waals surface area contributed by atoms with Gasteiger partial charge in [0.1, 0.15) is 15.1 Å². The number of nitrogens with one attached hydrogen (secondary N) is 2. The summed E-state index contributed by atoms with van der Waals surface area (Å²) in [5.41, 5.74) is 0.934. The van der Waals surface area contributed by atoms with Crippen LogP contribution in [-0.2, 0) is 0 Å². The zero-order valence-electron chi connectivity index (χ0n) is 9.86. The molecular weight excluding hydrogens is 325 g/mol. The number of nitro groups is 1. The highest BCUT2D eigenvalue weighted by Gasteiger charge is 2.28. The van der Waals surface area contributed by atoms with E-state index in [0.717, 1.165) is 0 Å². The Balaban J connectivity index is 2.80. The molecule has 0 aliphatic rings. The molecule has 5 nitrogen and oxygen atoms in total. The van der Waals surface area contributed by atoms with Crippen LogP contribution in [0.25, 0.3) is 5.57 Å². The molecule has 0 spiro atoms. The Bertz CT molecular complexity index is 633. The number of halogens is 3. The van der Waals surface area contributed by atoms with Gasteiger partial charge < -0.3 is 9.97 Å². The molecule has 0 saturated carbocycles. The molecule has 2 rings (SSSR count). The second-order valence-electron chi connectivity index (χ2n) is 3.72. The van der Waals surface area contributed by atoms with Crippen molar-refractivity contribution in [3.8, 4) is 0 Å². The summed E-state index contributed by atoms with van der Waals surface area (Å²) in [4.78, 5) is 16.6. The number of rotatable bonds is 4. The van der Waals surface area contributed by atoms with E-state index in [0.29, 0.717) is 11.4 Å². The third kappa shape index (κ3) is 2.90. The Hall–Kier alpha value is -1.69. The molecule has 2 aromatic heterocycles. The summed E-state index contributed by atoms with van der Waals surface area (Å²) in [7, 11) is 0. The van der Waals surface area contributed by atoms with Crippen LogP contribution in [0, 0.1) is 10.1 Å². The van der Waals surface area contributed by atoms with E-state index < -0.39 is 4.92 Å². The number of allylic oxidation sites excluding steroid dienone is 1. The fourth-order valence-corrected chi connectivity index (χ4v) is 2.09. The van der Waals surface area contributed by atoms with Crippen LogP contribution in [0.2, 0.25) is 0 Å². The van der Waals surface area contributed by atoms with Gasteiger partial charge in [0.25, 0.3) is 0 Å². The summed E-state index contributed by atoms with van der Waals surface area (Å²) in [6.45, 7) is 0. The van der Waals surface area contributed by atoms with Crippen LogP contribution < -0.4 is 0 Å². The molecule has 2 N–H and O–H groups in total. The number of aromatic nitrogens is 2. The minimum Gasteiger partial charge on any atom is -0.361 e. The van der Waals surface area contributed by atoms with Crippen LogP contribution >= 0.6 is 34.8 Å². The first-order valence-corrected chi connectivity index (χ1v) is 6.53. The Morgan fingerprint density at radius 3 is 1.85 bits per heavy atom. The molecule has 20 heavy (non-hydrogen) atoms. The van der Waals surface area contributed by atoms with Gasteiger partial charge in [-0.25, -0.2) is 0 Å². The van der Waals surface area contributed by atoms with Gasteiger partial charge in [0, 0.05) is 12.4 Å². The maximum absolute atomic E-state index is 11.4. The first-order chi connectivity index (χ1) is 9.52. The topological polar surface area (TPSA) is 74.7 Å². The van der Waals surface area contributed by atoms with Crippen molar-refractivity contribution >= 4 is 40.4 Å². The molecule has 2 aromatic rings. The van der Waals surface area contributed by atoms with E-state index in [1.54, 1.807) is 36.7 Å². The second kappa shape index (κ2) is 6.17. The van der Waals surface area contributed by atoms with Crippen molar-refractivity contribution in [2.24, 2.45) is 0 Å². The minimum atomic E-state index is -0.621. The smallest absolute Gasteiger partial charge is 0.301 e. The summed E-state index contributed by atoms with van der Waals surface area (Å²) in [6.07, 6.45) is 3.30. The zero-order chi connectivity index (χ0) is 14.7. The van der Waals surface area contributed by atoms with Crippen molar-refractivity contribution in [2.45, 2.75) is 0 Å². The van der Waals surface area contributed by atoms with Crippen molar-refractivity contribution in [3.63, 3.8) is 0 Å². The van der Waals surface area contributed by atoms with E-state index >= 15 is 0 Å². The highest BCUT2D eigenvalue weighted by Crippen LogP contribution is 2.34. The van der Waals surface area contributed by atoms with E-state index in [1.807, 2.05) is 0 Å². The number of hydrogen-bond acceptors (Lipinski definition) is 2. The largest absolute Gasteiger partial charge is 0.361 e. The molecule has 0 saturated heterocycles. The molecule has 0 aliphatic heterocycles. The molecule has 0 radical (unpaired) electrons. The van der Waals surface area contributed by atoms with Gasteiger partial charge in [-0.05, 0) is 24.3 Å². The fraction of sp³-hybridized carbons (Fsp3) is 0. The van der Waals surface area contributed by atoms with Crippen LogP contribution in [0.15, 0.2) is 51.9 Å². The van der Waals surface area contributed by atoms with Crippen LogP contribution in [0.3, 0.4) is 0 Å². The molecule has 8 heteroatoms. The lowest BCUT2D eigenvalue weighted by Gasteiger charge is -2.06. The van der Waals surface area contributed by atoms with E-state index in [9.17, 15) is 10.1 Å². The van der Waals surface area contributed by atoms with E-state index in [2.05, 4.69) is 9.97 Å². The molecule has 0 unspecified atom stereocenters. The Kier molecular flexibility index (Phi) is 4.54. The lowest BCUT2D eigenvalue weighted by atomic mass is 10.1. The second-order valence-corrected chi connectivity index (χ2v) is 5.05. The predicted molar refractivity (Wildman–Crippen MR) is 79.2 cm³/mol. The molecule has 104 valence electrons. The van der Waals surface area contributed by atoms with E-state index in [-0.39, 0.29) is 20.8 Å². The Labute approximate surface area is 129 Å². The summed E-state index contributed by atoms with van der Waals surface area (Å²) < 4.78 is -0.367. The van der Waals surface area contributed by atoms with Crippen molar-refractivity contribution < 1.29 is 4.92 Å². The van der Waals surface area contributed by atoms with Gasteiger partial charge in [0.05, 0.1) is 16.3 Å². The number of aromatic amines is 2. The summed E-state index contributed by atoms with van der Waals surface area (Å²) >= 11 is 17.1. The van der Waals surface area contributed by atoms with Gasteiger partial charge in [-0.3, -0.25) is 10.1 Å². The van der Waals surface area contributed by atoms with E-state index in [4.69, 9.17) is 34.8 Å². The SMILES string of the molecule is O=[N+]([O-])C(C(Cl)=C(Cl)Cl)=C(c1ccc[nH]1)c1ccc[nH]1. The Morgan fingerprint density at radius 2 is 1.55 bits per heavy atom. The quantitative estimate of drug-likeness (QED) is 0.498. The summed E-state index contributed by atoms with van der Waals surface area (Å²) in [5, 5.41) is 11.0. The molecular formula is C12H8Cl3N3O2. The van der Waals surface area contributed by atoms with Gasteiger partial charge in [0.2, 0.25) is 0 Å². The summed E-state index contributed by atoms with van der Waals surface area (Å²) in [6, 6.07) is 6.81. The van der Waals surface area contributed by atoms with Crippen molar-refractivity contribution in [3.05, 3.63) is 73.4 Å². The standard InChI is InChI=1S/C12H8Cl3N3O2/c13-10(12(14)15)11(18(19)20)9(7-3-1-5-16-7)8-4-2-6-17-8/h1-6,16-17H. The van der Waals surface area contributed by atoms with Crippen molar-refractivity contribution in [1.29, 1.82) is 0 Å². The highest BCUT2D eigenvalue weighted by molar-refractivity contribution is 6.60. The third-order valence-corrected chi connectivity index (χ3v) is 3.47. The van der Waals surface area contributed by atoms with Crippen LogP contribution in [0.5, 0.6) is 0 Å². The van der Waals surface area contributed by atoms with Crippen molar-refractivity contribution in [1.82, 2.24) is 9.97 Å². The van der Waals surface area contributed by atoms with Gasteiger partial charge in [-0.2, -0.15) is 0 Å². The molecule has 0 aromatic carbocycles. The third-order valence-electron chi connectivity index (χ3n) is 2.53. The van der Waals surface area contributed by atoms with Crippen LogP contribution in [0.1, 0.15) is 11.4 Å². The molecule has 0 aliphatic carbocycles. The maximum atomic E-state index is 11.4. The molecule has 0 atom stereocenters. The fourth-order valence-electron chi connectivity index (χ4n) is 1.74. The van der Waals surface area contributed by atoms with Crippen LogP contribution in [-0.4, -0.2) is 14.9 Å². The molecule has 0 amide bonds.